The van der Waals surface area contributed by atoms with Gasteiger partial charge in [-0.05, 0) is 65.1 Å². The fraction of sp³-hybridized carbons (Fsp3) is 0.345. The second-order valence-electron chi connectivity index (χ2n) is 10.3. The Morgan fingerprint density at radius 3 is 2.00 bits per heavy atom. The minimum atomic E-state index is -0.327. The van der Waals surface area contributed by atoms with Crippen molar-refractivity contribution in [3.05, 3.63) is 89.7 Å². The second-order valence-corrected chi connectivity index (χ2v) is 10.3. The number of carbonyl (C=O) groups is 1. The monoisotopic (exact) mass is 490 g/mol. The molecule has 0 unspecified atom stereocenters. The number of anilines is 3. The van der Waals surface area contributed by atoms with E-state index in [1.165, 1.54) is 17.7 Å². The van der Waals surface area contributed by atoms with Gasteiger partial charge in [0.2, 0.25) is 0 Å². The Morgan fingerprint density at radius 2 is 1.44 bits per heavy atom. The highest BCUT2D eigenvalue weighted by molar-refractivity contribution is 5.77. The Bertz CT molecular complexity index is 1130. The zero-order chi connectivity index (χ0) is 25.7. The van der Waals surface area contributed by atoms with E-state index in [0.29, 0.717) is 13.1 Å². The van der Waals surface area contributed by atoms with E-state index < -0.39 is 0 Å². The van der Waals surface area contributed by atoms with E-state index in [4.69, 9.17) is 0 Å². The van der Waals surface area contributed by atoms with Gasteiger partial charge in [-0.3, -0.25) is 14.9 Å². The number of amides is 1. The van der Waals surface area contributed by atoms with Gasteiger partial charge in [0.1, 0.15) is 5.82 Å². The summed E-state index contributed by atoms with van der Waals surface area (Å²) in [6, 6.07) is 22.6. The molecule has 7 heteroatoms. The lowest BCUT2D eigenvalue weighted by atomic mass is 9.87. The molecule has 1 saturated heterocycles. The fourth-order valence-corrected chi connectivity index (χ4v) is 4.26. The molecule has 0 aliphatic carbocycles. The Balaban J connectivity index is 1.23. The summed E-state index contributed by atoms with van der Waals surface area (Å²) in [6.45, 7) is 9.78. The average Bonchev–Trinajstić information content (AvgIpc) is 2.86. The van der Waals surface area contributed by atoms with Crippen molar-refractivity contribution in [3.8, 4) is 0 Å². The Kier molecular flexibility index (Phi) is 7.91. The van der Waals surface area contributed by atoms with E-state index in [1.807, 2.05) is 29.2 Å². The summed E-state index contributed by atoms with van der Waals surface area (Å²) in [7, 11) is 0. The number of carbonyl (C=O) groups excluding carboxylic acids is 1. The number of halogens is 1. The van der Waals surface area contributed by atoms with Crippen molar-refractivity contribution in [2.45, 2.75) is 32.7 Å². The first kappa shape index (κ1) is 25.7. The van der Waals surface area contributed by atoms with E-state index in [-0.39, 0.29) is 30.2 Å². The van der Waals surface area contributed by atoms with Gasteiger partial charge in [-0.15, -0.1) is 0 Å². The summed E-state index contributed by atoms with van der Waals surface area (Å²) < 4.78 is 13.1. The summed E-state index contributed by atoms with van der Waals surface area (Å²) in [5.74, 6) is -0.575. The molecule has 0 atom stereocenters. The van der Waals surface area contributed by atoms with Crippen LogP contribution in [0, 0.1) is 5.82 Å². The van der Waals surface area contributed by atoms with Gasteiger partial charge < -0.3 is 10.2 Å². The Labute approximate surface area is 212 Å². The molecule has 2 N–H and O–H groups in total. The average molecular weight is 491 g/mol. The van der Waals surface area contributed by atoms with Gasteiger partial charge in [0.05, 0.1) is 13.1 Å². The predicted molar refractivity (Wildman–Crippen MR) is 142 cm³/mol. The van der Waals surface area contributed by atoms with Crippen LogP contribution in [0.15, 0.2) is 72.8 Å². The molecule has 6 nitrogen and oxygen atoms in total. The van der Waals surface area contributed by atoms with Crippen molar-refractivity contribution in [3.63, 3.8) is 0 Å². The zero-order valence-electron chi connectivity index (χ0n) is 21.2. The van der Waals surface area contributed by atoms with Crippen LogP contribution in [0.5, 0.6) is 0 Å². The smallest absolute Gasteiger partial charge is 0.260 e. The molecular weight excluding hydrogens is 455 g/mol. The topological polar surface area (TPSA) is 59.1 Å². The van der Waals surface area contributed by atoms with Crippen LogP contribution in [0.25, 0.3) is 0 Å². The number of hydrogen-bond donors (Lipinski definition) is 2. The van der Waals surface area contributed by atoms with E-state index >= 15 is 0 Å². The summed E-state index contributed by atoms with van der Waals surface area (Å²) in [5.41, 5.74) is 5.18. The third kappa shape index (κ3) is 6.83. The minimum absolute atomic E-state index is 0.117. The zero-order valence-corrected chi connectivity index (χ0v) is 21.2. The van der Waals surface area contributed by atoms with Crippen LogP contribution in [-0.4, -0.2) is 53.8 Å². The van der Waals surface area contributed by atoms with Gasteiger partial charge in [0.15, 0.2) is 0 Å². The van der Waals surface area contributed by atoms with E-state index in [2.05, 4.69) is 55.3 Å². The number of hydrogen-bond acceptors (Lipinski definition) is 5. The van der Waals surface area contributed by atoms with Crippen LogP contribution in [0.3, 0.4) is 0 Å². The van der Waals surface area contributed by atoms with Gasteiger partial charge in [0, 0.05) is 43.2 Å². The number of rotatable bonds is 7. The SMILES string of the molecule is CC(C)(C)c1ccc(Nc2ccc(CN(O)C(=O)CN3CCN(c4ccc(F)cc4)CC3)cc2)cc1. The lowest BCUT2D eigenvalue weighted by Gasteiger charge is -2.36. The fourth-order valence-electron chi connectivity index (χ4n) is 4.26. The number of piperazine rings is 1. The summed E-state index contributed by atoms with van der Waals surface area (Å²) >= 11 is 0. The van der Waals surface area contributed by atoms with Crippen molar-refractivity contribution in [2.75, 3.05) is 42.9 Å². The van der Waals surface area contributed by atoms with Gasteiger partial charge in [-0.2, -0.15) is 0 Å². The quantitative estimate of drug-likeness (QED) is 0.343. The molecule has 1 heterocycles. The molecule has 4 rings (SSSR count). The van der Waals surface area contributed by atoms with Crippen molar-refractivity contribution < 1.29 is 14.4 Å². The highest BCUT2D eigenvalue weighted by Gasteiger charge is 2.21. The predicted octanol–water partition coefficient (Wildman–Crippen LogP) is 5.41. The molecule has 3 aromatic rings. The maximum Gasteiger partial charge on any atom is 0.260 e. The summed E-state index contributed by atoms with van der Waals surface area (Å²) in [5, 5.41) is 14.5. The molecule has 0 bridgehead atoms. The number of nitrogens with one attached hydrogen (secondary N) is 1. The van der Waals surface area contributed by atoms with Gasteiger partial charge in [0.25, 0.3) is 5.91 Å². The molecule has 1 aliphatic rings. The minimum Gasteiger partial charge on any atom is -0.369 e. The number of benzene rings is 3. The van der Waals surface area contributed by atoms with Crippen LogP contribution in [0.1, 0.15) is 31.9 Å². The van der Waals surface area contributed by atoms with E-state index in [1.54, 1.807) is 12.1 Å². The van der Waals surface area contributed by atoms with Crippen molar-refractivity contribution in [1.82, 2.24) is 9.96 Å². The van der Waals surface area contributed by atoms with Gasteiger partial charge in [-0.25, -0.2) is 9.45 Å². The molecule has 0 radical (unpaired) electrons. The largest absolute Gasteiger partial charge is 0.369 e. The van der Waals surface area contributed by atoms with Gasteiger partial charge in [-0.1, -0.05) is 45.0 Å². The van der Waals surface area contributed by atoms with Crippen LogP contribution in [0.4, 0.5) is 21.5 Å². The molecule has 1 fully saturated rings. The first-order valence-electron chi connectivity index (χ1n) is 12.4. The lowest BCUT2D eigenvalue weighted by Crippen LogP contribution is -2.49. The molecule has 0 spiro atoms. The van der Waals surface area contributed by atoms with Crippen LogP contribution >= 0.6 is 0 Å². The van der Waals surface area contributed by atoms with Crippen LogP contribution in [-0.2, 0) is 16.8 Å². The number of nitrogens with zero attached hydrogens (tertiary/aromatic N) is 3. The van der Waals surface area contributed by atoms with Crippen molar-refractivity contribution >= 4 is 23.0 Å². The molecular formula is C29H35FN4O2. The Hall–Kier alpha value is -3.42. The van der Waals surface area contributed by atoms with E-state index in [9.17, 15) is 14.4 Å². The normalized spacial score (nSPS) is 14.5. The molecule has 1 amide bonds. The highest BCUT2D eigenvalue weighted by atomic mass is 19.1. The highest BCUT2D eigenvalue weighted by Crippen LogP contribution is 2.25. The molecule has 0 aromatic heterocycles. The first-order valence-corrected chi connectivity index (χ1v) is 12.4. The maximum atomic E-state index is 13.1. The molecule has 0 saturated carbocycles. The number of hydroxylamine groups is 2. The summed E-state index contributed by atoms with van der Waals surface area (Å²) in [4.78, 5) is 16.8. The molecule has 190 valence electrons. The van der Waals surface area contributed by atoms with Gasteiger partial charge >= 0.3 is 0 Å². The molecule has 36 heavy (non-hydrogen) atoms. The van der Waals surface area contributed by atoms with Crippen LogP contribution in [0.2, 0.25) is 0 Å². The van der Waals surface area contributed by atoms with Crippen LogP contribution < -0.4 is 10.2 Å². The summed E-state index contributed by atoms with van der Waals surface area (Å²) in [6.07, 6.45) is 0. The van der Waals surface area contributed by atoms with Crippen molar-refractivity contribution in [2.24, 2.45) is 0 Å². The third-order valence-electron chi connectivity index (χ3n) is 6.54. The molecule has 1 aliphatic heterocycles. The standard InChI is InChI=1S/C29H35FN4O2/c1-29(2,3)23-6-12-26(13-7-23)31-25-10-4-22(5-11-25)20-34(36)28(35)21-32-16-18-33(19-17-32)27-14-8-24(30)9-15-27/h4-15,31,36H,16-21H2,1-3H3. The van der Waals surface area contributed by atoms with Crippen molar-refractivity contribution in [1.29, 1.82) is 0 Å². The Morgan fingerprint density at radius 1 is 0.889 bits per heavy atom. The third-order valence-corrected chi connectivity index (χ3v) is 6.54. The van der Waals surface area contributed by atoms with E-state index in [0.717, 1.165) is 40.8 Å². The lowest BCUT2D eigenvalue weighted by molar-refractivity contribution is -0.169. The maximum absolute atomic E-state index is 13.1. The molecule has 3 aromatic carbocycles. The second kappa shape index (κ2) is 11.1. The first-order chi connectivity index (χ1) is 17.2.